The molecule has 0 bridgehead atoms. The van der Waals surface area contributed by atoms with Gasteiger partial charge in [0.25, 0.3) is 11.8 Å². The summed E-state index contributed by atoms with van der Waals surface area (Å²) in [4.78, 5) is 52.0. The smallest absolute Gasteiger partial charge is 0.339 e. The van der Waals surface area contributed by atoms with Gasteiger partial charge in [-0.2, -0.15) is 0 Å². The van der Waals surface area contributed by atoms with E-state index in [0.29, 0.717) is 11.4 Å². The average molecular weight is 379 g/mol. The SMILES string of the molecule is COC(=O)c1ccccc1NC(=O)CN1[C@@H]2C(=O)N(c3ccccc3)C(=O)[C@H]21. The Morgan fingerprint density at radius 2 is 1.57 bits per heavy atom. The van der Waals surface area contributed by atoms with Gasteiger partial charge in [-0.3, -0.25) is 19.3 Å². The van der Waals surface area contributed by atoms with Crippen LogP contribution >= 0.6 is 0 Å². The second-order valence-electron chi connectivity index (χ2n) is 6.49. The molecular formula is C20H17N3O5. The molecule has 142 valence electrons. The second kappa shape index (κ2) is 6.90. The van der Waals surface area contributed by atoms with Gasteiger partial charge >= 0.3 is 5.97 Å². The third-order valence-electron chi connectivity index (χ3n) is 4.82. The molecule has 0 spiro atoms. The highest BCUT2D eigenvalue weighted by molar-refractivity contribution is 6.28. The van der Waals surface area contributed by atoms with Crippen molar-refractivity contribution in [1.82, 2.24) is 4.90 Å². The van der Waals surface area contributed by atoms with E-state index in [1.807, 2.05) is 0 Å². The summed E-state index contributed by atoms with van der Waals surface area (Å²) < 4.78 is 4.70. The Morgan fingerprint density at radius 1 is 0.964 bits per heavy atom. The van der Waals surface area contributed by atoms with Gasteiger partial charge in [0.15, 0.2) is 0 Å². The molecule has 8 heteroatoms. The number of hydrogen-bond donors (Lipinski definition) is 1. The molecule has 8 nitrogen and oxygen atoms in total. The zero-order valence-electron chi connectivity index (χ0n) is 15.0. The van der Waals surface area contributed by atoms with Crippen molar-refractivity contribution >= 4 is 35.1 Å². The predicted molar refractivity (Wildman–Crippen MR) is 99.6 cm³/mol. The van der Waals surface area contributed by atoms with Crippen LogP contribution in [0.2, 0.25) is 0 Å². The maximum absolute atomic E-state index is 12.6. The summed E-state index contributed by atoms with van der Waals surface area (Å²) in [5.41, 5.74) is 1.07. The van der Waals surface area contributed by atoms with Crippen LogP contribution in [0.4, 0.5) is 11.4 Å². The number of methoxy groups -OCH3 is 1. The molecule has 0 unspecified atom stereocenters. The number of anilines is 2. The number of nitrogens with one attached hydrogen (secondary N) is 1. The number of esters is 1. The topological polar surface area (TPSA) is 95.8 Å². The van der Waals surface area contributed by atoms with Crippen molar-refractivity contribution in [3.05, 3.63) is 60.2 Å². The standard InChI is InChI=1S/C20H17N3O5/c1-28-20(27)13-9-5-6-10-14(13)21-15(24)11-22-16-17(22)19(26)23(18(16)25)12-7-3-2-4-8-12/h2-10,16-17H,11H2,1H3,(H,21,24)/t16-,17-/m0/s1. The number of hydrogen-bond acceptors (Lipinski definition) is 6. The van der Waals surface area contributed by atoms with Crippen molar-refractivity contribution in [1.29, 1.82) is 0 Å². The molecule has 2 aromatic rings. The second-order valence-corrected chi connectivity index (χ2v) is 6.49. The highest BCUT2D eigenvalue weighted by atomic mass is 16.5. The number of rotatable bonds is 5. The van der Waals surface area contributed by atoms with Crippen LogP contribution in [0, 0.1) is 0 Å². The van der Waals surface area contributed by atoms with E-state index in [0.717, 1.165) is 4.90 Å². The number of carbonyl (C=O) groups is 4. The molecule has 2 fully saturated rings. The number of piperazine rings is 1. The Kier molecular flexibility index (Phi) is 4.40. The fraction of sp³-hybridized carbons (Fsp3) is 0.200. The van der Waals surface area contributed by atoms with Crippen LogP contribution in [0.3, 0.4) is 0 Å². The molecule has 2 aliphatic heterocycles. The Morgan fingerprint density at radius 3 is 2.21 bits per heavy atom. The largest absolute Gasteiger partial charge is 0.465 e. The summed E-state index contributed by atoms with van der Waals surface area (Å²) in [7, 11) is 1.26. The van der Waals surface area contributed by atoms with Gasteiger partial charge in [0.2, 0.25) is 5.91 Å². The fourth-order valence-corrected chi connectivity index (χ4v) is 3.47. The number of para-hydroxylation sites is 2. The molecular weight excluding hydrogens is 362 g/mol. The van der Waals surface area contributed by atoms with Gasteiger partial charge in [-0.1, -0.05) is 30.3 Å². The molecule has 3 amide bonds. The van der Waals surface area contributed by atoms with Gasteiger partial charge < -0.3 is 10.1 Å². The number of benzene rings is 2. The van der Waals surface area contributed by atoms with Crippen LogP contribution in [0.25, 0.3) is 0 Å². The van der Waals surface area contributed by atoms with Crippen LogP contribution in [0.5, 0.6) is 0 Å². The summed E-state index contributed by atoms with van der Waals surface area (Å²) in [6, 6.07) is 13.9. The molecule has 2 heterocycles. The van der Waals surface area contributed by atoms with Crippen molar-refractivity contribution in [2.45, 2.75) is 12.1 Å². The molecule has 0 aromatic heterocycles. The van der Waals surface area contributed by atoms with Crippen LogP contribution < -0.4 is 10.2 Å². The van der Waals surface area contributed by atoms with Gasteiger partial charge in [0.05, 0.1) is 30.6 Å². The van der Waals surface area contributed by atoms with Crippen LogP contribution in [0.1, 0.15) is 10.4 Å². The third-order valence-corrected chi connectivity index (χ3v) is 4.82. The van der Waals surface area contributed by atoms with E-state index in [9.17, 15) is 19.2 Å². The molecule has 0 saturated carbocycles. The lowest BCUT2D eigenvalue weighted by atomic mass is 10.2. The van der Waals surface area contributed by atoms with Crippen molar-refractivity contribution in [3.63, 3.8) is 0 Å². The number of ether oxygens (including phenoxy) is 1. The zero-order valence-corrected chi connectivity index (χ0v) is 15.0. The van der Waals surface area contributed by atoms with Crippen molar-refractivity contribution in [2.75, 3.05) is 23.9 Å². The minimum Gasteiger partial charge on any atom is -0.465 e. The van der Waals surface area contributed by atoms with Crippen LogP contribution in [-0.4, -0.2) is 54.3 Å². The minimum absolute atomic E-state index is 0.120. The van der Waals surface area contributed by atoms with Gasteiger partial charge in [0.1, 0.15) is 12.1 Å². The Balaban J connectivity index is 1.42. The maximum Gasteiger partial charge on any atom is 0.339 e. The van der Waals surface area contributed by atoms with E-state index in [4.69, 9.17) is 4.74 Å². The van der Waals surface area contributed by atoms with E-state index in [1.165, 1.54) is 7.11 Å². The van der Waals surface area contributed by atoms with E-state index in [2.05, 4.69) is 5.32 Å². The van der Waals surface area contributed by atoms with E-state index in [-0.39, 0.29) is 23.9 Å². The minimum atomic E-state index is -0.616. The molecule has 0 radical (unpaired) electrons. The number of fused-ring (bicyclic) bond motifs is 1. The van der Waals surface area contributed by atoms with Crippen LogP contribution in [-0.2, 0) is 19.1 Å². The average Bonchev–Trinajstić information content (AvgIpc) is 3.34. The first-order valence-corrected chi connectivity index (χ1v) is 8.68. The zero-order chi connectivity index (χ0) is 19.8. The van der Waals surface area contributed by atoms with Gasteiger partial charge in [-0.05, 0) is 24.3 Å². The molecule has 28 heavy (non-hydrogen) atoms. The van der Waals surface area contributed by atoms with E-state index >= 15 is 0 Å². The summed E-state index contributed by atoms with van der Waals surface area (Å²) in [5, 5.41) is 2.64. The molecule has 2 aliphatic rings. The summed E-state index contributed by atoms with van der Waals surface area (Å²) in [6.07, 6.45) is 0. The first kappa shape index (κ1) is 17.9. The number of carbonyl (C=O) groups excluding carboxylic acids is 4. The van der Waals surface area contributed by atoms with Crippen molar-refractivity contribution < 1.29 is 23.9 Å². The van der Waals surface area contributed by atoms with Gasteiger partial charge in [-0.15, -0.1) is 0 Å². The number of imide groups is 1. The molecule has 2 atom stereocenters. The van der Waals surface area contributed by atoms with Gasteiger partial charge in [-0.25, -0.2) is 9.69 Å². The Hall–Kier alpha value is -3.52. The monoisotopic (exact) mass is 379 g/mol. The fourth-order valence-electron chi connectivity index (χ4n) is 3.47. The molecule has 4 rings (SSSR count). The lowest BCUT2D eigenvalue weighted by Gasteiger charge is -2.19. The quantitative estimate of drug-likeness (QED) is 0.474. The molecule has 2 saturated heterocycles. The van der Waals surface area contributed by atoms with Crippen molar-refractivity contribution in [3.8, 4) is 0 Å². The Labute approximate surface area is 160 Å². The van der Waals surface area contributed by atoms with Crippen molar-refractivity contribution in [2.24, 2.45) is 0 Å². The Bertz CT molecular complexity index is 953. The molecule has 2 aromatic carbocycles. The van der Waals surface area contributed by atoms with Crippen LogP contribution in [0.15, 0.2) is 54.6 Å². The lowest BCUT2D eigenvalue weighted by molar-refractivity contribution is -0.124. The summed E-state index contributed by atoms with van der Waals surface area (Å²) >= 11 is 0. The maximum atomic E-state index is 12.6. The first-order chi connectivity index (χ1) is 13.5. The third kappa shape index (κ3) is 2.93. The molecule has 0 aliphatic carbocycles. The highest BCUT2D eigenvalue weighted by Gasteiger charge is 2.66. The number of amides is 3. The lowest BCUT2D eigenvalue weighted by Crippen LogP contribution is -2.40. The normalized spacial score (nSPS) is 22.6. The summed E-state index contributed by atoms with van der Waals surface area (Å²) in [5.74, 6) is -1.64. The summed E-state index contributed by atoms with van der Waals surface area (Å²) in [6.45, 7) is -0.120. The van der Waals surface area contributed by atoms with E-state index in [1.54, 1.807) is 59.5 Å². The highest BCUT2D eigenvalue weighted by Crippen LogP contribution is 2.39. The molecule has 1 N–H and O–H groups in total. The number of nitrogens with zero attached hydrogens (tertiary/aromatic N) is 2. The van der Waals surface area contributed by atoms with Gasteiger partial charge in [0, 0.05) is 0 Å². The van der Waals surface area contributed by atoms with E-state index < -0.39 is 24.0 Å². The first-order valence-electron chi connectivity index (χ1n) is 8.68. The predicted octanol–water partition coefficient (Wildman–Crippen LogP) is 1.04.